The molecule has 0 heterocycles. The SMILES string of the molecule is O=P(O)(O)O.[CH2-]CCCCC(C)C.[K+]. The summed E-state index contributed by atoms with van der Waals surface area (Å²) in [6.07, 6.45) is 5.14. The van der Waals surface area contributed by atoms with Crippen molar-refractivity contribution < 1.29 is 70.6 Å². The number of rotatable bonds is 4. The van der Waals surface area contributed by atoms with Crippen molar-refractivity contribution in [2.45, 2.75) is 39.5 Å². The summed E-state index contributed by atoms with van der Waals surface area (Å²) in [5.74, 6) is 0.876. The van der Waals surface area contributed by atoms with Gasteiger partial charge >= 0.3 is 59.2 Å². The molecule has 82 valence electrons. The Labute approximate surface area is 129 Å². The first kappa shape index (κ1) is 21.1. The van der Waals surface area contributed by atoms with Gasteiger partial charge in [0.15, 0.2) is 0 Å². The fourth-order valence-electron chi connectivity index (χ4n) is 0.729. The smallest absolute Gasteiger partial charge is 0.343 e. The van der Waals surface area contributed by atoms with Crippen molar-refractivity contribution in [1.82, 2.24) is 0 Å². The third kappa shape index (κ3) is 49.1. The second kappa shape index (κ2) is 12.8. The zero-order chi connectivity index (χ0) is 10.9. The van der Waals surface area contributed by atoms with Crippen LogP contribution in [0.2, 0.25) is 0 Å². The molecule has 3 N–H and O–H groups in total. The van der Waals surface area contributed by atoms with E-state index in [1.807, 2.05) is 0 Å². The van der Waals surface area contributed by atoms with Crippen molar-refractivity contribution in [2.24, 2.45) is 5.92 Å². The Bertz CT molecular complexity index is 138. The summed E-state index contributed by atoms with van der Waals surface area (Å²) in [7, 11) is -4.64. The Balaban J connectivity index is -0.000000177. The maximum Gasteiger partial charge on any atom is 1.00 e. The Morgan fingerprint density at radius 3 is 1.79 bits per heavy atom. The average molecular weight is 250 g/mol. The van der Waals surface area contributed by atoms with E-state index in [2.05, 4.69) is 20.8 Å². The van der Waals surface area contributed by atoms with Gasteiger partial charge in [0.25, 0.3) is 0 Å². The zero-order valence-corrected chi connectivity index (χ0v) is 13.3. The van der Waals surface area contributed by atoms with Crippen molar-refractivity contribution in [1.29, 1.82) is 0 Å². The van der Waals surface area contributed by atoms with Gasteiger partial charge in [-0.2, -0.15) is 6.42 Å². The van der Waals surface area contributed by atoms with E-state index in [4.69, 9.17) is 19.2 Å². The topological polar surface area (TPSA) is 77.8 Å². The second-order valence-electron chi connectivity index (χ2n) is 3.26. The fraction of sp³-hybridized carbons (Fsp3) is 0.875. The number of unbranched alkanes of at least 4 members (excludes halogenated alkanes) is 2. The summed E-state index contributed by atoms with van der Waals surface area (Å²) in [6.45, 7) is 8.32. The van der Waals surface area contributed by atoms with Crippen LogP contribution in [-0.2, 0) is 4.57 Å². The molecule has 0 aromatic rings. The van der Waals surface area contributed by atoms with Crippen molar-refractivity contribution in [2.75, 3.05) is 0 Å². The van der Waals surface area contributed by atoms with Gasteiger partial charge in [0.2, 0.25) is 0 Å². The van der Waals surface area contributed by atoms with E-state index in [-0.39, 0.29) is 51.4 Å². The average Bonchev–Trinajstić information content (AvgIpc) is 1.83. The van der Waals surface area contributed by atoms with Gasteiger partial charge in [-0.3, -0.25) is 0 Å². The standard InChI is InChI=1S/C8H17.K.H3O4P/c1-4-5-6-7-8(2)3;;1-5(2,3)4/h8H,1,4-7H2,2-3H3;;(H3,1,2,3,4)/q-1;+1;. The van der Waals surface area contributed by atoms with Crippen LogP contribution in [0.4, 0.5) is 0 Å². The second-order valence-corrected chi connectivity index (χ2v) is 4.28. The molecule has 0 aliphatic carbocycles. The predicted octanol–water partition coefficient (Wildman–Crippen LogP) is -0.888. The molecule has 0 atom stereocenters. The quantitative estimate of drug-likeness (QED) is 0.262. The molecular formula is C8H20KO4P. The van der Waals surface area contributed by atoms with Crippen molar-refractivity contribution >= 4 is 7.82 Å². The summed E-state index contributed by atoms with van der Waals surface area (Å²) >= 11 is 0. The van der Waals surface area contributed by atoms with Gasteiger partial charge < -0.3 is 21.6 Å². The summed E-state index contributed by atoms with van der Waals surface area (Å²) in [5, 5.41) is 0. The molecule has 6 heteroatoms. The molecule has 0 aromatic carbocycles. The summed E-state index contributed by atoms with van der Waals surface area (Å²) in [5.41, 5.74) is 0. The third-order valence-electron chi connectivity index (χ3n) is 1.28. The summed E-state index contributed by atoms with van der Waals surface area (Å²) < 4.78 is 8.88. The van der Waals surface area contributed by atoms with Crippen LogP contribution in [0.5, 0.6) is 0 Å². The Kier molecular flexibility index (Phi) is 19.3. The molecule has 0 bridgehead atoms. The van der Waals surface area contributed by atoms with Gasteiger partial charge in [0, 0.05) is 0 Å². The predicted molar refractivity (Wildman–Crippen MR) is 52.9 cm³/mol. The largest absolute Gasteiger partial charge is 1.00 e. The molecule has 0 aliphatic heterocycles. The van der Waals surface area contributed by atoms with E-state index in [1.165, 1.54) is 19.3 Å². The van der Waals surface area contributed by atoms with E-state index in [1.54, 1.807) is 0 Å². The van der Waals surface area contributed by atoms with Gasteiger partial charge in [0.05, 0.1) is 0 Å². The van der Waals surface area contributed by atoms with E-state index in [9.17, 15) is 0 Å². The molecule has 0 saturated heterocycles. The zero-order valence-electron chi connectivity index (χ0n) is 9.31. The maximum absolute atomic E-state index is 8.88. The Morgan fingerprint density at radius 1 is 1.21 bits per heavy atom. The van der Waals surface area contributed by atoms with E-state index < -0.39 is 7.82 Å². The van der Waals surface area contributed by atoms with Gasteiger partial charge in [-0.25, -0.2) is 4.57 Å². The molecule has 0 radical (unpaired) electrons. The molecule has 0 amide bonds. The van der Waals surface area contributed by atoms with Crippen LogP contribution in [-0.4, -0.2) is 14.7 Å². The first-order valence-electron chi connectivity index (χ1n) is 4.35. The molecule has 0 aromatic heterocycles. The molecule has 0 saturated carbocycles. The van der Waals surface area contributed by atoms with Crippen molar-refractivity contribution in [3.8, 4) is 0 Å². The normalized spacial score (nSPS) is 10.2. The summed E-state index contributed by atoms with van der Waals surface area (Å²) in [4.78, 5) is 21.6. The van der Waals surface area contributed by atoms with Gasteiger partial charge in [0.1, 0.15) is 0 Å². The number of hydrogen-bond donors (Lipinski definition) is 3. The molecule has 0 spiro atoms. The molecular weight excluding hydrogens is 230 g/mol. The molecule has 4 nitrogen and oxygen atoms in total. The van der Waals surface area contributed by atoms with E-state index >= 15 is 0 Å². The molecule has 0 fully saturated rings. The van der Waals surface area contributed by atoms with Crippen LogP contribution in [0.3, 0.4) is 0 Å². The van der Waals surface area contributed by atoms with Crippen LogP contribution < -0.4 is 51.4 Å². The molecule has 0 aliphatic rings. The van der Waals surface area contributed by atoms with Crippen LogP contribution in [0.1, 0.15) is 39.5 Å². The van der Waals surface area contributed by atoms with Gasteiger partial charge in [-0.05, 0) is 5.92 Å². The third-order valence-corrected chi connectivity index (χ3v) is 1.28. The Morgan fingerprint density at radius 2 is 1.57 bits per heavy atom. The Hall–Kier alpha value is 1.75. The van der Waals surface area contributed by atoms with Crippen molar-refractivity contribution in [3.63, 3.8) is 0 Å². The first-order chi connectivity index (χ1) is 5.77. The number of hydrogen-bond acceptors (Lipinski definition) is 1. The van der Waals surface area contributed by atoms with Gasteiger partial charge in [-0.15, -0.1) is 0 Å². The minimum atomic E-state index is -4.64. The summed E-state index contributed by atoms with van der Waals surface area (Å²) in [6, 6.07) is 0. The minimum Gasteiger partial charge on any atom is -0.343 e. The van der Waals surface area contributed by atoms with E-state index in [0.717, 1.165) is 12.3 Å². The molecule has 0 rings (SSSR count). The van der Waals surface area contributed by atoms with Gasteiger partial charge in [-0.1, -0.05) is 33.1 Å². The van der Waals surface area contributed by atoms with Crippen LogP contribution in [0, 0.1) is 12.8 Å². The van der Waals surface area contributed by atoms with Crippen LogP contribution in [0.15, 0.2) is 0 Å². The minimum absolute atomic E-state index is 0. The van der Waals surface area contributed by atoms with Crippen LogP contribution >= 0.6 is 7.82 Å². The monoisotopic (exact) mass is 250 g/mol. The fourth-order valence-corrected chi connectivity index (χ4v) is 0.729. The molecule has 14 heavy (non-hydrogen) atoms. The van der Waals surface area contributed by atoms with Crippen LogP contribution in [0.25, 0.3) is 0 Å². The van der Waals surface area contributed by atoms with E-state index in [0.29, 0.717) is 0 Å². The molecule has 0 unspecified atom stereocenters. The van der Waals surface area contributed by atoms with Crippen molar-refractivity contribution in [3.05, 3.63) is 6.92 Å². The maximum atomic E-state index is 8.88. The number of phosphoric acid groups is 1. The first-order valence-corrected chi connectivity index (χ1v) is 5.91.